The van der Waals surface area contributed by atoms with E-state index in [1.807, 2.05) is 4.90 Å². The van der Waals surface area contributed by atoms with Gasteiger partial charge in [-0.2, -0.15) is 0 Å². The highest BCUT2D eigenvalue weighted by molar-refractivity contribution is 5.88. The molecule has 0 bridgehead atoms. The molecule has 0 aromatic heterocycles. The third-order valence-electron chi connectivity index (χ3n) is 6.74. The minimum atomic E-state index is -0.851. The minimum Gasteiger partial charge on any atom is -0.481 e. The van der Waals surface area contributed by atoms with E-state index in [9.17, 15) is 14.7 Å². The normalized spacial score (nSPS) is 26.2. The molecule has 2 atom stereocenters. The molecule has 2 fully saturated rings. The lowest BCUT2D eigenvalue weighted by molar-refractivity contribution is -0.150. The quantitative estimate of drug-likeness (QED) is 0.839. The largest absolute Gasteiger partial charge is 0.481 e. The first-order chi connectivity index (χ1) is 13.4. The fourth-order valence-corrected chi connectivity index (χ4v) is 4.60. The van der Waals surface area contributed by atoms with Crippen LogP contribution in [0.15, 0.2) is 30.3 Å². The second kappa shape index (κ2) is 7.36. The number of amides is 1. The molecule has 1 aromatic rings. The van der Waals surface area contributed by atoms with Gasteiger partial charge in [-0.15, -0.1) is 0 Å². The van der Waals surface area contributed by atoms with Gasteiger partial charge < -0.3 is 15.3 Å². The summed E-state index contributed by atoms with van der Waals surface area (Å²) >= 11 is 0. The minimum absolute atomic E-state index is 0.0610. The van der Waals surface area contributed by atoms with Crippen molar-refractivity contribution in [3.05, 3.63) is 41.5 Å². The molecule has 2 aliphatic heterocycles. The number of nitrogens with zero attached hydrogens (tertiary/aromatic N) is 1. The molecule has 5 nitrogen and oxygen atoms in total. The smallest absolute Gasteiger partial charge is 0.308 e. The van der Waals surface area contributed by atoms with Crippen LogP contribution in [0.1, 0.15) is 56.6 Å². The average Bonchev–Trinajstić information content (AvgIpc) is 3.46. The van der Waals surface area contributed by atoms with E-state index in [2.05, 4.69) is 49.5 Å². The van der Waals surface area contributed by atoms with Gasteiger partial charge in [0.25, 0.3) is 0 Å². The van der Waals surface area contributed by atoms with Crippen molar-refractivity contribution in [2.75, 3.05) is 19.6 Å². The number of rotatable bonds is 4. The van der Waals surface area contributed by atoms with Crippen molar-refractivity contribution < 1.29 is 14.7 Å². The monoisotopic (exact) mass is 382 g/mol. The zero-order valence-corrected chi connectivity index (χ0v) is 16.8. The van der Waals surface area contributed by atoms with Crippen LogP contribution < -0.4 is 5.32 Å². The lowest BCUT2D eigenvalue weighted by Gasteiger charge is -2.38. The van der Waals surface area contributed by atoms with Crippen LogP contribution in [-0.4, -0.2) is 47.6 Å². The Morgan fingerprint density at radius 3 is 2.68 bits per heavy atom. The number of carboxylic acids is 1. The molecule has 28 heavy (non-hydrogen) atoms. The van der Waals surface area contributed by atoms with Gasteiger partial charge in [0.15, 0.2) is 0 Å². The molecular weight excluding hydrogens is 352 g/mol. The summed E-state index contributed by atoms with van der Waals surface area (Å²) in [4.78, 5) is 26.6. The molecule has 1 aromatic carbocycles. The van der Waals surface area contributed by atoms with Gasteiger partial charge in [0, 0.05) is 19.6 Å². The summed E-state index contributed by atoms with van der Waals surface area (Å²) in [5.41, 5.74) is 3.96. The van der Waals surface area contributed by atoms with Crippen molar-refractivity contribution in [2.45, 2.75) is 51.5 Å². The summed E-state index contributed by atoms with van der Waals surface area (Å²) in [6.45, 7) is 6.35. The Hall–Kier alpha value is -2.14. The van der Waals surface area contributed by atoms with Crippen LogP contribution in [-0.2, 0) is 9.59 Å². The number of carbonyl (C=O) groups excluding carboxylic acids is 1. The van der Waals surface area contributed by atoms with E-state index in [0.717, 1.165) is 25.8 Å². The maximum atomic E-state index is 13.1. The highest BCUT2D eigenvalue weighted by Crippen LogP contribution is 2.52. The van der Waals surface area contributed by atoms with Gasteiger partial charge in [-0.3, -0.25) is 9.59 Å². The SMILES string of the molecule is CC(C)c1cccc(C2=CCN(C(=O)C3NCC4(CC4)CC3C(=O)O)CC2)c1. The molecule has 1 spiro atoms. The van der Waals surface area contributed by atoms with Crippen molar-refractivity contribution in [3.8, 4) is 0 Å². The number of carboxylic acid groups (broad SMARTS) is 1. The van der Waals surface area contributed by atoms with E-state index in [1.165, 1.54) is 16.7 Å². The van der Waals surface area contributed by atoms with Crippen LogP contribution in [0.3, 0.4) is 0 Å². The third kappa shape index (κ3) is 3.72. The molecule has 1 amide bonds. The lowest BCUT2D eigenvalue weighted by Crippen LogP contribution is -2.57. The molecule has 1 saturated heterocycles. The van der Waals surface area contributed by atoms with E-state index in [1.54, 1.807) is 0 Å². The van der Waals surface area contributed by atoms with E-state index < -0.39 is 17.9 Å². The number of nitrogens with one attached hydrogen (secondary N) is 1. The van der Waals surface area contributed by atoms with E-state index >= 15 is 0 Å². The molecule has 2 unspecified atom stereocenters. The summed E-state index contributed by atoms with van der Waals surface area (Å²) in [7, 11) is 0. The second-order valence-electron chi connectivity index (χ2n) is 9.05. The Bertz CT molecular complexity index is 810. The highest BCUT2D eigenvalue weighted by Gasteiger charge is 2.52. The van der Waals surface area contributed by atoms with Crippen molar-refractivity contribution in [1.82, 2.24) is 10.2 Å². The van der Waals surface area contributed by atoms with Gasteiger partial charge in [-0.05, 0) is 53.7 Å². The summed E-state index contributed by atoms with van der Waals surface area (Å²) in [5, 5.41) is 12.9. The first kappa shape index (κ1) is 19.2. The van der Waals surface area contributed by atoms with Crippen LogP contribution in [0.25, 0.3) is 5.57 Å². The first-order valence-electron chi connectivity index (χ1n) is 10.4. The Labute approximate surface area is 166 Å². The fourth-order valence-electron chi connectivity index (χ4n) is 4.60. The van der Waals surface area contributed by atoms with Crippen LogP contribution in [0.5, 0.6) is 0 Å². The standard InChI is InChI=1S/C23H30N2O3/c1-15(2)17-4-3-5-18(12-17)16-6-10-25(11-7-16)21(26)20-19(22(27)28)13-23(8-9-23)14-24-20/h3-6,12,15,19-20,24H,7-11,13-14H2,1-2H3,(H,27,28). The van der Waals surface area contributed by atoms with Crippen LogP contribution in [0.2, 0.25) is 0 Å². The average molecular weight is 383 g/mol. The molecule has 150 valence electrons. The Morgan fingerprint density at radius 1 is 1.29 bits per heavy atom. The van der Waals surface area contributed by atoms with Gasteiger partial charge in [0.2, 0.25) is 5.91 Å². The predicted molar refractivity (Wildman–Crippen MR) is 109 cm³/mol. The Kier molecular flexibility index (Phi) is 5.04. The Morgan fingerprint density at radius 2 is 2.07 bits per heavy atom. The number of hydrogen-bond acceptors (Lipinski definition) is 3. The summed E-state index contributed by atoms with van der Waals surface area (Å²) in [6.07, 6.45) is 5.72. The number of benzene rings is 1. The molecule has 1 saturated carbocycles. The molecule has 2 heterocycles. The number of aliphatic carboxylic acids is 1. The van der Waals surface area contributed by atoms with Crippen LogP contribution >= 0.6 is 0 Å². The number of hydrogen-bond donors (Lipinski definition) is 2. The molecule has 4 rings (SSSR count). The van der Waals surface area contributed by atoms with E-state index in [0.29, 0.717) is 25.4 Å². The Balaban J connectivity index is 1.44. The zero-order chi connectivity index (χ0) is 19.9. The van der Waals surface area contributed by atoms with Crippen molar-refractivity contribution in [1.29, 1.82) is 0 Å². The predicted octanol–water partition coefficient (Wildman–Crippen LogP) is 3.27. The van der Waals surface area contributed by atoms with Gasteiger partial charge in [0.1, 0.15) is 6.04 Å². The fraction of sp³-hybridized carbons (Fsp3) is 0.565. The van der Waals surface area contributed by atoms with Gasteiger partial charge in [-0.1, -0.05) is 44.2 Å². The van der Waals surface area contributed by atoms with Crippen LogP contribution in [0.4, 0.5) is 0 Å². The maximum Gasteiger partial charge on any atom is 0.308 e. The van der Waals surface area contributed by atoms with Gasteiger partial charge in [-0.25, -0.2) is 0 Å². The number of piperidine rings is 1. The summed E-state index contributed by atoms with van der Waals surface area (Å²) in [6, 6.07) is 8.03. The van der Waals surface area contributed by atoms with Gasteiger partial charge in [0.05, 0.1) is 5.92 Å². The molecule has 1 aliphatic carbocycles. The van der Waals surface area contributed by atoms with Crippen molar-refractivity contribution in [3.63, 3.8) is 0 Å². The highest BCUT2D eigenvalue weighted by atomic mass is 16.4. The molecular formula is C23H30N2O3. The summed E-state index contributed by atoms with van der Waals surface area (Å²) in [5.74, 6) is -1.04. The maximum absolute atomic E-state index is 13.1. The topological polar surface area (TPSA) is 69.6 Å². The van der Waals surface area contributed by atoms with Crippen LogP contribution in [0, 0.1) is 11.3 Å². The molecule has 3 aliphatic rings. The van der Waals surface area contributed by atoms with Crippen molar-refractivity contribution in [2.24, 2.45) is 11.3 Å². The van der Waals surface area contributed by atoms with Gasteiger partial charge >= 0.3 is 5.97 Å². The number of carbonyl (C=O) groups is 2. The zero-order valence-electron chi connectivity index (χ0n) is 16.8. The molecule has 0 radical (unpaired) electrons. The van der Waals surface area contributed by atoms with E-state index in [-0.39, 0.29) is 11.3 Å². The van der Waals surface area contributed by atoms with Crippen molar-refractivity contribution >= 4 is 17.4 Å². The second-order valence-corrected chi connectivity index (χ2v) is 9.05. The molecule has 2 N–H and O–H groups in total. The first-order valence-corrected chi connectivity index (χ1v) is 10.4. The third-order valence-corrected chi connectivity index (χ3v) is 6.74. The lowest BCUT2D eigenvalue weighted by atomic mass is 9.81. The van der Waals surface area contributed by atoms with E-state index in [4.69, 9.17) is 0 Å². The molecule has 5 heteroatoms. The summed E-state index contributed by atoms with van der Waals surface area (Å²) < 4.78 is 0.